The lowest BCUT2D eigenvalue weighted by atomic mass is 9.79. The predicted octanol–water partition coefficient (Wildman–Crippen LogP) is 13.5. The SMILES string of the molecule is CC(=Nc1c(C)cc(C)cc1C)c1cccc(C(C)=Nc2c(C)cc(C(c3ccc(F)cc3)c3ccc(F)cc3)cc2C(c2ccc(F)cc2)c2ccc(F)cc2)n1. The monoisotopic (exact) mass is 773 g/mol. The number of pyridine rings is 1. The summed E-state index contributed by atoms with van der Waals surface area (Å²) in [6, 6.07) is 39.3. The van der Waals surface area contributed by atoms with Crippen LogP contribution >= 0.6 is 0 Å². The summed E-state index contributed by atoms with van der Waals surface area (Å²) in [5, 5.41) is 0. The summed E-state index contributed by atoms with van der Waals surface area (Å²) >= 11 is 0. The van der Waals surface area contributed by atoms with Gasteiger partial charge in [0.15, 0.2) is 0 Å². The number of nitrogens with zero attached hydrogens (tertiary/aromatic N) is 3. The Kier molecular flexibility index (Phi) is 11.6. The molecule has 0 unspecified atom stereocenters. The summed E-state index contributed by atoms with van der Waals surface area (Å²) in [5.74, 6) is -2.43. The van der Waals surface area contributed by atoms with Gasteiger partial charge in [0.05, 0.1) is 34.2 Å². The van der Waals surface area contributed by atoms with E-state index in [1.165, 1.54) is 54.1 Å². The Labute approximate surface area is 337 Å². The van der Waals surface area contributed by atoms with Crippen LogP contribution in [0.3, 0.4) is 0 Å². The van der Waals surface area contributed by atoms with E-state index in [0.717, 1.165) is 67.2 Å². The molecular formula is C51H43F4N3. The second-order valence-corrected chi connectivity index (χ2v) is 14.9. The molecule has 0 N–H and O–H groups in total. The Bertz CT molecular complexity index is 2530. The molecular weight excluding hydrogens is 731 g/mol. The van der Waals surface area contributed by atoms with Crippen molar-refractivity contribution >= 4 is 22.8 Å². The third kappa shape index (κ3) is 8.74. The van der Waals surface area contributed by atoms with Gasteiger partial charge in [-0.25, -0.2) is 22.5 Å². The molecule has 0 fully saturated rings. The minimum absolute atomic E-state index is 0.370. The first-order valence-corrected chi connectivity index (χ1v) is 19.2. The fraction of sp³-hybridized carbons (Fsp3) is 0.157. The van der Waals surface area contributed by atoms with Gasteiger partial charge in [0.2, 0.25) is 0 Å². The van der Waals surface area contributed by atoms with E-state index >= 15 is 0 Å². The molecule has 0 aliphatic rings. The third-order valence-corrected chi connectivity index (χ3v) is 10.5. The van der Waals surface area contributed by atoms with E-state index in [9.17, 15) is 17.6 Å². The van der Waals surface area contributed by atoms with Gasteiger partial charge in [-0.3, -0.25) is 9.98 Å². The van der Waals surface area contributed by atoms with Gasteiger partial charge in [0.25, 0.3) is 0 Å². The van der Waals surface area contributed by atoms with Crippen LogP contribution in [-0.2, 0) is 0 Å². The number of halogens is 4. The van der Waals surface area contributed by atoms with E-state index < -0.39 is 11.8 Å². The van der Waals surface area contributed by atoms with Gasteiger partial charge in [-0.05, 0) is 152 Å². The molecule has 0 saturated carbocycles. The van der Waals surface area contributed by atoms with Gasteiger partial charge in [0, 0.05) is 11.8 Å². The maximum atomic E-state index is 14.4. The van der Waals surface area contributed by atoms with Crippen molar-refractivity contribution in [2.45, 2.75) is 53.4 Å². The van der Waals surface area contributed by atoms with Crippen LogP contribution in [0.4, 0.5) is 28.9 Å². The summed E-state index contributed by atoms with van der Waals surface area (Å²) < 4.78 is 57.4. The number of aromatic nitrogens is 1. The molecule has 1 heterocycles. The van der Waals surface area contributed by atoms with Crippen LogP contribution in [0.2, 0.25) is 0 Å². The van der Waals surface area contributed by atoms with Gasteiger partial charge in [-0.1, -0.05) is 84.4 Å². The Morgan fingerprint density at radius 1 is 0.431 bits per heavy atom. The Morgan fingerprint density at radius 2 is 0.793 bits per heavy atom. The fourth-order valence-electron chi connectivity index (χ4n) is 7.76. The van der Waals surface area contributed by atoms with Gasteiger partial charge in [-0.2, -0.15) is 0 Å². The summed E-state index contributed by atoms with van der Waals surface area (Å²) in [7, 11) is 0. The number of hydrogen-bond acceptors (Lipinski definition) is 3. The van der Waals surface area contributed by atoms with Gasteiger partial charge in [0.1, 0.15) is 23.3 Å². The van der Waals surface area contributed by atoms with E-state index in [4.69, 9.17) is 15.0 Å². The molecule has 0 radical (unpaired) electrons. The predicted molar refractivity (Wildman–Crippen MR) is 227 cm³/mol. The van der Waals surface area contributed by atoms with E-state index in [-0.39, 0.29) is 23.3 Å². The van der Waals surface area contributed by atoms with Crippen LogP contribution in [0.5, 0.6) is 0 Å². The zero-order valence-electron chi connectivity index (χ0n) is 33.3. The molecule has 0 amide bonds. The van der Waals surface area contributed by atoms with Crippen LogP contribution in [0, 0.1) is 51.0 Å². The van der Waals surface area contributed by atoms with Gasteiger partial charge in [-0.15, -0.1) is 0 Å². The molecule has 0 atom stereocenters. The molecule has 0 spiro atoms. The minimum Gasteiger partial charge on any atom is -0.251 e. The van der Waals surface area contributed by atoms with Crippen LogP contribution in [0.1, 0.15) is 92.7 Å². The molecule has 7 rings (SSSR count). The number of rotatable bonds is 10. The van der Waals surface area contributed by atoms with Crippen LogP contribution in [0.25, 0.3) is 0 Å². The average molecular weight is 774 g/mol. The first-order chi connectivity index (χ1) is 27.8. The lowest BCUT2D eigenvalue weighted by molar-refractivity contribution is 0.625. The maximum Gasteiger partial charge on any atom is 0.123 e. The number of aryl methyl sites for hydroxylation is 4. The first kappa shape index (κ1) is 39.8. The van der Waals surface area contributed by atoms with Crippen LogP contribution in [-0.4, -0.2) is 16.4 Å². The molecule has 0 aliphatic carbocycles. The molecule has 0 bridgehead atoms. The number of benzene rings is 6. The van der Waals surface area contributed by atoms with Gasteiger partial charge >= 0.3 is 0 Å². The topological polar surface area (TPSA) is 37.6 Å². The number of hydrogen-bond donors (Lipinski definition) is 0. The van der Waals surface area contributed by atoms with Crippen LogP contribution in [0.15, 0.2) is 150 Å². The Hall–Kier alpha value is -6.47. The van der Waals surface area contributed by atoms with Crippen molar-refractivity contribution in [3.8, 4) is 0 Å². The van der Waals surface area contributed by atoms with E-state index in [0.29, 0.717) is 17.1 Å². The normalized spacial score (nSPS) is 12.1. The highest BCUT2D eigenvalue weighted by Crippen LogP contribution is 2.43. The lowest BCUT2D eigenvalue weighted by Gasteiger charge is -2.26. The average Bonchev–Trinajstić information content (AvgIpc) is 3.20. The highest BCUT2D eigenvalue weighted by Gasteiger charge is 2.26. The van der Waals surface area contributed by atoms with E-state index in [1.54, 1.807) is 48.5 Å². The molecule has 7 aromatic rings. The quantitative estimate of drug-likeness (QED) is 0.0775. The van der Waals surface area contributed by atoms with Crippen molar-refractivity contribution in [2.24, 2.45) is 9.98 Å². The highest BCUT2D eigenvalue weighted by atomic mass is 19.1. The fourth-order valence-corrected chi connectivity index (χ4v) is 7.76. The van der Waals surface area contributed by atoms with E-state index in [1.807, 2.05) is 45.0 Å². The highest BCUT2D eigenvalue weighted by molar-refractivity contribution is 6.02. The molecule has 6 aromatic carbocycles. The third-order valence-electron chi connectivity index (χ3n) is 10.5. The van der Waals surface area contributed by atoms with E-state index in [2.05, 4.69) is 39.0 Å². The molecule has 1 aromatic heterocycles. The van der Waals surface area contributed by atoms with Crippen molar-refractivity contribution in [3.05, 3.63) is 230 Å². The van der Waals surface area contributed by atoms with Crippen molar-refractivity contribution in [2.75, 3.05) is 0 Å². The molecule has 58 heavy (non-hydrogen) atoms. The summed E-state index contributed by atoms with van der Waals surface area (Å²) in [4.78, 5) is 15.3. The summed E-state index contributed by atoms with van der Waals surface area (Å²) in [6.45, 7) is 12.0. The molecule has 3 nitrogen and oxygen atoms in total. The Morgan fingerprint density at radius 3 is 1.21 bits per heavy atom. The smallest absolute Gasteiger partial charge is 0.123 e. The van der Waals surface area contributed by atoms with Crippen molar-refractivity contribution in [1.29, 1.82) is 0 Å². The zero-order valence-corrected chi connectivity index (χ0v) is 33.3. The standard InChI is InChI=1S/C51H43F4N3/c1-30-26-31(2)50(32(3)27-30)56-34(5)46-8-7-9-47(58-46)35(6)57-51-33(4)28-40(48(36-10-18-41(52)19-11-36)37-12-20-42(53)21-13-37)29-45(51)49(38-14-22-43(54)23-15-38)39-16-24-44(55)25-17-39/h7-29,48-49H,1-6H3. The van der Waals surface area contributed by atoms with Crippen molar-refractivity contribution in [3.63, 3.8) is 0 Å². The van der Waals surface area contributed by atoms with Crippen molar-refractivity contribution < 1.29 is 17.6 Å². The van der Waals surface area contributed by atoms with Crippen LogP contribution < -0.4 is 0 Å². The summed E-state index contributed by atoms with van der Waals surface area (Å²) in [6.07, 6.45) is 0. The summed E-state index contributed by atoms with van der Waals surface area (Å²) in [5.41, 5.74) is 13.4. The molecule has 0 saturated heterocycles. The maximum absolute atomic E-state index is 14.4. The second-order valence-electron chi connectivity index (χ2n) is 14.9. The number of aliphatic imine (C=N–C) groups is 2. The molecule has 7 heteroatoms. The Balaban J connectivity index is 1.43. The largest absolute Gasteiger partial charge is 0.251 e. The molecule has 290 valence electrons. The lowest BCUT2D eigenvalue weighted by Crippen LogP contribution is -2.10. The minimum atomic E-state index is -0.511. The van der Waals surface area contributed by atoms with Gasteiger partial charge < -0.3 is 0 Å². The van der Waals surface area contributed by atoms with Crippen molar-refractivity contribution in [1.82, 2.24) is 4.98 Å². The molecule has 0 aliphatic heterocycles. The second kappa shape index (κ2) is 16.9. The first-order valence-electron chi connectivity index (χ1n) is 19.2. The zero-order chi connectivity index (χ0) is 41.1.